The number of nitrogens with one attached hydrogen (secondary N) is 1. The van der Waals surface area contributed by atoms with E-state index in [0.717, 1.165) is 5.56 Å². The zero-order chi connectivity index (χ0) is 11.5. The van der Waals surface area contributed by atoms with E-state index in [1.54, 1.807) is 18.0 Å². The third kappa shape index (κ3) is 4.87. The van der Waals surface area contributed by atoms with E-state index in [-0.39, 0.29) is 15.6 Å². The standard InChI is InChI=1S/C11H15ClFNS/c1-11(2,3)15-14-7-8-4-5-9(12)10(13)6-8/h4-6,14H,7H2,1-3H3. The maximum Gasteiger partial charge on any atom is 0.142 e. The van der Waals surface area contributed by atoms with E-state index in [2.05, 4.69) is 25.5 Å². The molecular formula is C11H15ClFNS. The lowest BCUT2D eigenvalue weighted by molar-refractivity contribution is 0.625. The predicted octanol–water partition coefficient (Wildman–Crippen LogP) is 4.02. The van der Waals surface area contributed by atoms with Crippen molar-refractivity contribution in [2.24, 2.45) is 0 Å². The first-order chi connectivity index (χ1) is 6.88. The van der Waals surface area contributed by atoms with Crippen LogP contribution in [-0.4, -0.2) is 4.75 Å². The number of benzene rings is 1. The third-order valence-corrected chi connectivity index (χ3v) is 2.85. The monoisotopic (exact) mass is 247 g/mol. The minimum Gasteiger partial charge on any atom is -0.259 e. The van der Waals surface area contributed by atoms with E-state index < -0.39 is 0 Å². The minimum atomic E-state index is -0.364. The molecular weight excluding hydrogens is 233 g/mol. The van der Waals surface area contributed by atoms with Crippen molar-refractivity contribution in [1.29, 1.82) is 0 Å². The summed E-state index contributed by atoms with van der Waals surface area (Å²) in [7, 11) is 0. The molecule has 0 bridgehead atoms. The Balaban J connectivity index is 2.48. The van der Waals surface area contributed by atoms with Gasteiger partial charge in [0.2, 0.25) is 0 Å². The summed E-state index contributed by atoms with van der Waals surface area (Å²) >= 11 is 7.22. The molecule has 0 aliphatic carbocycles. The van der Waals surface area contributed by atoms with Crippen LogP contribution in [0.2, 0.25) is 5.02 Å². The molecule has 0 amide bonds. The highest BCUT2D eigenvalue weighted by molar-refractivity contribution is 7.98. The van der Waals surface area contributed by atoms with Gasteiger partial charge in [0.25, 0.3) is 0 Å². The second kappa shape index (κ2) is 5.19. The Kier molecular flexibility index (Phi) is 4.44. The van der Waals surface area contributed by atoms with E-state index in [1.807, 2.05) is 6.07 Å². The third-order valence-electron chi connectivity index (χ3n) is 1.64. The number of halogens is 2. The van der Waals surface area contributed by atoms with Crippen molar-refractivity contribution >= 4 is 23.5 Å². The van der Waals surface area contributed by atoms with Crippen molar-refractivity contribution < 1.29 is 4.39 Å². The minimum absolute atomic E-state index is 0.158. The Bertz CT molecular complexity index is 336. The van der Waals surface area contributed by atoms with Crippen LogP contribution in [0, 0.1) is 5.82 Å². The molecule has 0 aliphatic rings. The largest absolute Gasteiger partial charge is 0.259 e. The van der Waals surface area contributed by atoms with E-state index in [1.165, 1.54) is 6.07 Å². The Morgan fingerprint density at radius 1 is 1.40 bits per heavy atom. The van der Waals surface area contributed by atoms with Crippen LogP contribution in [0.5, 0.6) is 0 Å². The van der Waals surface area contributed by atoms with Gasteiger partial charge in [0, 0.05) is 11.3 Å². The summed E-state index contributed by atoms with van der Waals surface area (Å²) < 4.78 is 16.4. The average molecular weight is 248 g/mol. The Labute approximate surface area is 99.5 Å². The first kappa shape index (κ1) is 12.8. The van der Waals surface area contributed by atoms with E-state index in [0.29, 0.717) is 6.54 Å². The molecule has 4 heteroatoms. The first-order valence-electron chi connectivity index (χ1n) is 4.73. The van der Waals surface area contributed by atoms with Gasteiger partial charge in [-0.3, -0.25) is 4.72 Å². The topological polar surface area (TPSA) is 12.0 Å². The molecule has 0 atom stereocenters. The maximum atomic E-state index is 13.1. The Morgan fingerprint density at radius 3 is 2.60 bits per heavy atom. The highest BCUT2D eigenvalue weighted by atomic mass is 35.5. The quantitative estimate of drug-likeness (QED) is 0.810. The predicted molar refractivity (Wildman–Crippen MR) is 65.6 cm³/mol. The summed E-state index contributed by atoms with van der Waals surface area (Å²) in [6, 6.07) is 4.86. The lowest BCUT2D eigenvalue weighted by atomic mass is 10.2. The molecule has 0 unspecified atom stereocenters. The van der Waals surface area contributed by atoms with Gasteiger partial charge in [-0.2, -0.15) is 0 Å². The summed E-state index contributed by atoms with van der Waals surface area (Å²) in [5.41, 5.74) is 0.897. The molecule has 84 valence electrons. The molecule has 0 fully saturated rings. The second-order valence-electron chi connectivity index (χ2n) is 4.28. The van der Waals surface area contributed by atoms with E-state index >= 15 is 0 Å². The van der Waals surface area contributed by atoms with Crippen molar-refractivity contribution in [1.82, 2.24) is 4.72 Å². The van der Waals surface area contributed by atoms with E-state index in [4.69, 9.17) is 11.6 Å². The van der Waals surface area contributed by atoms with Gasteiger partial charge in [0.05, 0.1) is 5.02 Å². The summed E-state index contributed by atoms with van der Waals surface area (Å²) in [5.74, 6) is -0.364. The van der Waals surface area contributed by atoms with Gasteiger partial charge in [0.15, 0.2) is 0 Å². The van der Waals surface area contributed by atoms with Crippen molar-refractivity contribution in [2.75, 3.05) is 0 Å². The molecule has 1 aromatic rings. The van der Waals surface area contributed by atoms with Gasteiger partial charge >= 0.3 is 0 Å². The van der Waals surface area contributed by atoms with Crippen molar-refractivity contribution in [3.05, 3.63) is 34.6 Å². The SMILES string of the molecule is CC(C)(C)SNCc1ccc(Cl)c(F)c1. The van der Waals surface area contributed by atoms with Crippen molar-refractivity contribution in [2.45, 2.75) is 32.1 Å². The molecule has 15 heavy (non-hydrogen) atoms. The van der Waals surface area contributed by atoms with Crippen LogP contribution in [0.3, 0.4) is 0 Å². The summed E-state index contributed by atoms with van der Waals surface area (Å²) in [5, 5.41) is 0.169. The zero-order valence-electron chi connectivity index (χ0n) is 9.10. The van der Waals surface area contributed by atoms with Crippen LogP contribution in [0.25, 0.3) is 0 Å². The second-order valence-corrected chi connectivity index (χ2v) is 6.41. The highest BCUT2D eigenvalue weighted by Gasteiger charge is 2.10. The van der Waals surface area contributed by atoms with E-state index in [9.17, 15) is 4.39 Å². The molecule has 1 nitrogen and oxygen atoms in total. The van der Waals surface area contributed by atoms with Gasteiger partial charge < -0.3 is 0 Å². The van der Waals surface area contributed by atoms with Crippen LogP contribution in [0.4, 0.5) is 4.39 Å². The molecule has 0 saturated carbocycles. The molecule has 0 aromatic heterocycles. The van der Waals surface area contributed by atoms with Gasteiger partial charge in [-0.25, -0.2) is 4.39 Å². The average Bonchev–Trinajstić information content (AvgIpc) is 2.09. The first-order valence-corrected chi connectivity index (χ1v) is 5.93. The number of hydrogen-bond donors (Lipinski definition) is 1. The van der Waals surface area contributed by atoms with Crippen molar-refractivity contribution in [3.8, 4) is 0 Å². The maximum absolute atomic E-state index is 13.1. The number of rotatable bonds is 3. The Morgan fingerprint density at radius 2 is 2.07 bits per heavy atom. The molecule has 0 spiro atoms. The fourth-order valence-corrected chi connectivity index (χ4v) is 1.77. The molecule has 1 rings (SSSR count). The molecule has 1 aromatic carbocycles. The molecule has 0 aliphatic heterocycles. The number of hydrogen-bond acceptors (Lipinski definition) is 2. The van der Waals surface area contributed by atoms with Crippen LogP contribution >= 0.6 is 23.5 Å². The van der Waals surface area contributed by atoms with Crippen LogP contribution < -0.4 is 4.72 Å². The fourth-order valence-electron chi connectivity index (χ4n) is 0.986. The molecule has 0 saturated heterocycles. The lowest BCUT2D eigenvalue weighted by Crippen LogP contribution is -2.16. The summed E-state index contributed by atoms with van der Waals surface area (Å²) in [6.07, 6.45) is 0. The van der Waals surface area contributed by atoms with Crippen LogP contribution in [-0.2, 0) is 6.54 Å². The van der Waals surface area contributed by atoms with Crippen LogP contribution in [0.1, 0.15) is 26.3 Å². The smallest absolute Gasteiger partial charge is 0.142 e. The van der Waals surface area contributed by atoms with Gasteiger partial charge in [-0.05, 0) is 38.5 Å². The molecule has 0 radical (unpaired) electrons. The highest BCUT2D eigenvalue weighted by Crippen LogP contribution is 2.21. The molecule has 0 heterocycles. The lowest BCUT2D eigenvalue weighted by Gasteiger charge is -2.17. The zero-order valence-corrected chi connectivity index (χ0v) is 10.7. The van der Waals surface area contributed by atoms with Gasteiger partial charge in [0.1, 0.15) is 5.82 Å². The summed E-state index contributed by atoms with van der Waals surface area (Å²) in [4.78, 5) is 0. The van der Waals surface area contributed by atoms with Gasteiger partial charge in [-0.1, -0.05) is 29.6 Å². The fraction of sp³-hybridized carbons (Fsp3) is 0.455. The van der Waals surface area contributed by atoms with Crippen molar-refractivity contribution in [3.63, 3.8) is 0 Å². The van der Waals surface area contributed by atoms with Gasteiger partial charge in [-0.15, -0.1) is 0 Å². The van der Waals surface area contributed by atoms with Crippen LogP contribution in [0.15, 0.2) is 18.2 Å². The Hall–Kier alpha value is -0.250. The normalized spacial score (nSPS) is 11.8. The molecule has 1 N–H and O–H groups in total. The summed E-state index contributed by atoms with van der Waals surface area (Å²) in [6.45, 7) is 6.99.